The smallest absolute Gasteiger partial charge is 0.341 e. The summed E-state index contributed by atoms with van der Waals surface area (Å²) < 4.78 is 41.9. The number of rotatable bonds is 2. The largest absolute Gasteiger partial charge is 0.477 e. The maximum Gasteiger partial charge on any atom is 0.341 e. The second kappa shape index (κ2) is 4.59. The first kappa shape index (κ1) is 14.1. The summed E-state index contributed by atoms with van der Waals surface area (Å²) in [5.74, 6) is -6.26. The minimum Gasteiger partial charge on any atom is -0.477 e. The minimum absolute atomic E-state index is 0.225. The normalized spacial score (nSPS) is 14.7. The lowest BCUT2D eigenvalue weighted by atomic mass is 10.1. The number of aromatic nitrogens is 1. The van der Waals surface area contributed by atoms with Gasteiger partial charge in [-0.3, -0.25) is 4.79 Å². The van der Waals surface area contributed by atoms with Gasteiger partial charge in [-0.15, -0.1) is 0 Å². The Morgan fingerprint density at radius 2 is 1.86 bits per heavy atom. The molecule has 0 atom stereocenters. The Kier molecular flexibility index (Phi) is 3.09. The van der Waals surface area contributed by atoms with Crippen molar-refractivity contribution in [1.82, 2.24) is 4.57 Å². The van der Waals surface area contributed by atoms with E-state index >= 15 is 0 Å². The lowest BCUT2D eigenvalue weighted by Crippen LogP contribution is -2.20. The zero-order valence-corrected chi connectivity index (χ0v) is 11.9. The van der Waals surface area contributed by atoms with Crippen LogP contribution in [-0.4, -0.2) is 15.6 Å². The Bertz CT molecular complexity index is 858. The number of hydrogen-bond acceptors (Lipinski definition) is 2. The first-order chi connectivity index (χ1) is 9.84. The van der Waals surface area contributed by atoms with E-state index in [1.165, 1.54) is 4.57 Å². The lowest BCUT2D eigenvalue weighted by molar-refractivity contribution is 0.0695. The van der Waals surface area contributed by atoms with Gasteiger partial charge in [0.2, 0.25) is 5.43 Å². The van der Waals surface area contributed by atoms with Crippen LogP contribution in [0.1, 0.15) is 29.2 Å². The molecule has 1 aromatic carbocycles. The summed E-state index contributed by atoms with van der Waals surface area (Å²) in [6.45, 7) is 0. The van der Waals surface area contributed by atoms with Crippen molar-refractivity contribution in [2.75, 3.05) is 0 Å². The fraction of sp³-hybridized carbons (Fsp3) is 0.231. The van der Waals surface area contributed by atoms with E-state index in [2.05, 4.69) is 15.9 Å². The van der Waals surface area contributed by atoms with E-state index in [-0.39, 0.29) is 6.04 Å². The Balaban J connectivity index is 2.59. The summed E-state index contributed by atoms with van der Waals surface area (Å²) >= 11 is 2.72. The Morgan fingerprint density at radius 3 is 2.38 bits per heavy atom. The van der Waals surface area contributed by atoms with Crippen LogP contribution >= 0.6 is 15.9 Å². The summed E-state index contributed by atoms with van der Waals surface area (Å²) in [4.78, 5) is 23.2. The molecule has 1 aliphatic carbocycles. The molecule has 1 heterocycles. The molecule has 0 spiro atoms. The van der Waals surface area contributed by atoms with Crippen LogP contribution in [0.3, 0.4) is 0 Å². The number of nitrogens with zero attached hydrogens (tertiary/aromatic N) is 1. The van der Waals surface area contributed by atoms with Crippen molar-refractivity contribution in [3.63, 3.8) is 0 Å². The second-order valence-electron chi connectivity index (χ2n) is 4.80. The molecule has 1 aromatic heterocycles. The van der Waals surface area contributed by atoms with Crippen LogP contribution in [0.15, 0.2) is 15.5 Å². The van der Waals surface area contributed by atoms with E-state index in [0.29, 0.717) is 12.8 Å². The second-order valence-corrected chi connectivity index (χ2v) is 5.59. The molecule has 0 amide bonds. The fourth-order valence-corrected chi connectivity index (χ4v) is 2.80. The van der Waals surface area contributed by atoms with Gasteiger partial charge in [-0.25, -0.2) is 18.0 Å². The molecule has 0 unspecified atom stereocenters. The number of pyridine rings is 1. The molecule has 1 fully saturated rings. The third kappa shape index (κ3) is 1.97. The molecule has 3 rings (SSSR count). The average Bonchev–Trinajstić information content (AvgIpc) is 3.26. The lowest BCUT2D eigenvalue weighted by Gasteiger charge is -2.14. The third-order valence-electron chi connectivity index (χ3n) is 3.41. The zero-order chi connectivity index (χ0) is 15.5. The molecule has 4 nitrogen and oxygen atoms in total. The van der Waals surface area contributed by atoms with Crippen LogP contribution in [0.4, 0.5) is 13.2 Å². The molecule has 110 valence electrons. The van der Waals surface area contributed by atoms with Crippen LogP contribution in [0, 0.1) is 17.5 Å². The van der Waals surface area contributed by atoms with E-state index in [0.717, 1.165) is 6.20 Å². The summed E-state index contributed by atoms with van der Waals surface area (Å²) in [6, 6.07) is -0.225. The van der Waals surface area contributed by atoms with Gasteiger partial charge < -0.3 is 9.67 Å². The Hall–Kier alpha value is -1.83. The molecule has 0 aliphatic heterocycles. The van der Waals surface area contributed by atoms with Crippen LogP contribution in [0.25, 0.3) is 10.9 Å². The number of fused-ring (bicyclic) bond motifs is 1. The summed E-state index contributed by atoms with van der Waals surface area (Å²) in [5, 5.41) is 8.54. The first-order valence-electron chi connectivity index (χ1n) is 5.98. The first-order valence-corrected chi connectivity index (χ1v) is 6.78. The molecule has 1 saturated carbocycles. The average molecular weight is 362 g/mol. The van der Waals surface area contributed by atoms with Crippen molar-refractivity contribution >= 4 is 32.8 Å². The Morgan fingerprint density at radius 1 is 1.24 bits per heavy atom. The Labute approximate surface area is 123 Å². The number of benzene rings is 1. The van der Waals surface area contributed by atoms with Gasteiger partial charge in [0.25, 0.3) is 0 Å². The van der Waals surface area contributed by atoms with Gasteiger partial charge in [0.05, 0.1) is 15.4 Å². The predicted molar refractivity (Wildman–Crippen MR) is 71.0 cm³/mol. The number of halogens is 4. The molecule has 0 saturated heterocycles. The van der Waals surface area contributed by atoms with Crippen molar-refractivity contribution in [2.45, 2.75) is 18.9 Å². The topological polar surface area (TPSA) is 59.3 Å². The number of carbonyl (C=O) groups is 1. The molecular weight excluding hydrogens is 355 g/mol. The van der Waals surface area contributed by atoms with E-state index < -0.39 is 49.8 Å². The van der Waals surface area contributed by atoms with Gasteiger partial charge in [0.1, 0.15) is 5.56 Å². The van der Waals surface area contributed by atoms with Gasteiger partial charge in [0, 0.05) is 12.2 Å². The van der Waals surface area contributed by atoms with E-state index in [1.54, 1.807) is 0 Å². The van der Waals surface area contributed by atoms with E-state index in [1.807, 2.05) is 0 Å². The highest BCUT2D eigenvalue weighted by atomic mass is 79.9. The predicted octanol–water partition coefficient (Wildman–Crippen LogP) is 3.21. The van der Waals surface area contributed by atoms with Crippen LogP contribution in [0.2, 0.25) is 0 Å². The summed E-state index contributed by atoms with van der Waals surface area (Å²) in [6.07, 6.45) is 2.28. The van der Waals surface area contributed by atoms with E-state index in [4.69, 9.17) is 5.11 Å². The molecule has 0 bridgehead atoms. The summed E-state index contributed by atoms with van der Waals surface area (Å²) in [7, 11) is 0. The van der Waals surface area contributed by atoms with Gasteiger partial charge in [-0.2, -0.15) is 0 Å². The van der Waals surface area contributed by atoms with Gasteiger partial charge in [-0.05, 0) is 28.8 Å². The standard InChI is InChI=1S/C13H7BrF3NO3/c14-7-6-11(10(17)9(16)8(7)15)18(4-1-2-4)3-5(12(6)19)13(20)21/h3-4H,1-2H2,(H,20,21). The number of carboxylic acid groups (broad SMARTS) is 1. The summed E-state index contributed by atoms with van der Waals surface area (Å²) in [5.41, 5.74) is -2.09. The number of aromatic carboxylic acids is 1. The molecule has 1 aliphatic rings. The minimum atomic E-state index is -1.70. The van der Waals surface area contributed by atoms with Crippen LogP contribution < -0.4 is 5.43 Å². The highest BCUT2D eigenvalue weighted by molar-refractivity contribution is 9.10. The number of hydrogen-bond donors (Lipinski definition) is 1. The third-order valence-corrected chi connectivity index (χ3v) is 4.16. The van der Waals surface area contributed by atoms with Crippen molar-refractivity contribution < 1.29 is 23.1 Å². The molecule has 0 radical (unpaired) electrons. The maximum absolute atomic E-state index is 14.1. The number of carboxylic acids is 1. The van der Waals surface area contributed by atoms with Crippen molar-refractivity contribution in [2.24, 2.45) is 0 Å². The molecule has 21 heavy (non-hydrogen) atoms. The van der Waals surface area contributed by atoms with Crippen LogP contribution in [0.5, 0.6) is 0 Å². The quantitative estimate of drug-likeness (QED) is 0.659. The van der Waals surface area contributed by atoms with Gasteiger partial charge in [0.15, 0.2) is 17.5 Å². The van der Waals surface area contributed by atoms with Gasteiger partial charge in [-0.1, -0.05) is 0 Å². The van der Waals surface area contributed by atoms with E-state index in [9.17, 15) is 22.8 Å². The SMILES string of the molecule is O=C(O)c1cn(C2CC2)c2c(F)c(F)c(F)c(Br)c2c1=O. The highest BCUT2D eigenvalue weighted by Gasteiger charge is 2.31. The van der Waals surface area contributed by atoms with Gasteiger partial charge >= 0.3 is 5.97 Å². The van der Waals surface area contributed by atoms with Crippen LogP contribution in [-0.2, 0) is 0 Å². The fourth-order valence-electron chi connectivity index (χ4n) is 2.26. The van der Waals surface area contributed by atoms with Crippen molar-refractivity contribution in [1.29, 1.82) is 0 Å². The maximum atomic E-state index is 14.1. The molecule has 1 N–H and O–H groups in total. The molecule has 8 heteroatoms. The monoisotopic (exact) mass is 361 g/mol. The highest BCUT2D eigenvalue weighted by Crippen LogP contribution is 2.39. The molecule has 2 aromatic rings. The zero-order valence-electron chi connectivity index (χ0n) is 10.3. The van der Waals surface area contributed by atoms with Crippen molar-refractivity contribution in [3.05, 3.63) is 43.9 Å². The molecular formula is C13H7BrF3NO3. The van der Waals surface area contributed by atoms with Crippen molar-refractivity contribution in [3.8, 4) is 0 Å².